The molecule has 1 aliphatic rings. The van der Waals surface area contributed by atoms with Crippen molar-refractivity contribution in [3.63, 3.8) is 0 Å². The van der Waals surface area contributed by atoms with Gasteiger partial charge >= 0.3 is 6.03 Å². The molecule has 3 aromatic rings. The number of imidazole rings is 1. The molecule has 6 nitrogen and oxygen atoms in total. The normalized spacial score (nSPS) is 16.3. The topological polar surface area (TPSA) is 63.1 Å². The standard InChI is InChI=1S/C22H25N5O/c1-17-13-24-21(20-7-10-23-11-8-20)27(17)16-19-9-12-26(15-19)22(28)25-14-18-5-3-2-4-6-18/h2-8,10-11,13,19H,9,12,14-16H2,1H3,(H,25,28). The van der Waals surface area contributed by atoms with Gasteiger partial charge in [0.25, 0.3) is 0 Å². The van der Waals surface area contributed by atoms with E-state index in [1.807, 2.05) is 53.6 Å². The van der Waals surface area contributed by atoms with Crippen LogP contribution in [0.2, 0.25) is 0 Å². The molecule has 28 heavy (non-hydrogen) atoms. The van der Waals surface area contributed by atoms with Crippen LogP contribution in [0.1, 0.15) is 17.7 Å². The third-order valence-electron chi connectivity index (χ3n) is 5.29. The van der Waals surface area contributed by atoms with E-state index < -0.39 is 0 Å². The molecule has 0 saturated carbocycles. The van der Waals surface area contributed by atoms with Crippen molar-refractivity contribution in [3.05, 3.63) is 72.3 Å². The number of nitrogens with zero attached hydrogens (tertiary/aromatic N) is 4. The van der Waals surface area contributed by atoms with E-state index in [4.69, 9.17) is 0 Å². The molecule has 1 aromatic carbocycles. The summed E-state index contributed by atoms with van der Waals surface area (Å²) in [5, 5.41) is 3.03. The monoisotopic (exact) mass is 375 g/mol. The van der Waals surface area contributed by atoms with Crippen LogP contribution in [0, 0.1) is 12.8 Å². The van der Waals surface area contributed by atoms with Gasteiger partial charge in [-0.3, -0.25) is 4.98 Å². The maximum Gasteiger partial charge on any atom is 0.317 e. The van der Waals surface area contributed by atoms with Crippen molar-refractivity contribution in [2.75, 3.05) is 13.1 Å². The lowest BCUT2D eigenvalue weighted by atomic mass is 10.1. The third kappa shape index (κ3) is 4.06. The summed E-state index contributed by atoms with van der Waals surface area (Å²) in [4.78, 5) is 23.1. The first kappa shape index (κ1) is 18.2. The van der Waals surface area contributed by atoms with Gasteiger partial charge < -0.3 is 14.8 Å². The van der Waals surface area contributed by atoms with Gasteiger partial charge in [0.1, 0.15) is 5.82 Å². The number of pyridine rings is 1. The fourth-order valence-electron chi connectivity index (χ4n) is 3.73. The van der Waals surface area contributed by atoms with Gasteiger partial charge in [0.2, 0.25) is 0 Å². The number of likely N-dealkylation sites (tertiary alicyclic amines) is 1. The SMILES string of the molecule is Cc1cnc(-c2ccncc2)n1CC1CCN(C(=O)NCc2ccccc2)C1. The highest BCUT2D eigenvalue weighted by atomic mass is 16.2. The Kier molecular flexibility index (Phi) is 5.37. The van der Waals surface area contributed by atoms with E-state index in [1.54, 1.807) is 12.4 Å². The molecular weight excluding hydrogens is 350 g/mol. The zero-order valence-corrected chi connectivity index (χ0v) is 16.1. The average Bonchev–Trinajstić information content (AvgIpc) is 3.35. The number of carbonyl (C=O) groups is 1. The van der Waals surface area contributed by atoms with Crippen molar-refractivity contribution in [1.29, 1.82) is 0 Å². The Labute approximate surface area is 165 Å². The zero-order valence-electron chi connectivity index (χ0n) is 16.1. The number of amides is 2. The van der Waals surface area contributed by atoms with E-state index in [2.05, 4.69) is 26.8 Å². The second-order valence-corrected chi connectivity index (χ2v) is 7.31. The molecule has 144 valence electrons. The number of benzene rings is 1. The lowest BCUT2D eigenvalue weighted by molar-refractivity contribution is 0.206. The van der Waals surface area contributed by atoms with E-state index in [0.29, 0.717) is 12.5 Å². The molecule has 3 heterocycles. The predicted molar refractivity (Wildman–Crippen MR) is 109 cm³/mol. The molecule has 2 aromatic heterocycles. The first-order valence-corrected chi connectivity index (χ1v) is 9.70. The first-order valence-electron chi connectivity index (χ1n) is 9.70. The van der Waals surface area contributed by atoms with Crippen molar-refractivity contribution < 1.29 is 4.79 Å². The number of nitrogens with one attached hydrogen (secondary N) is 1. The summed E-state index contributed by atoms with van der Waals surface area (Å²) in [6.45, 7) is 5.08. The van der Waals surface area contributed by atoms with Crippen molar-refractivity contribution in [1.82, 2.24) is 24.8 Å². The quantitative estimate of drug-likeness (QED) is 0.743. The van der Waals surface area contributed by atoms with Gasteiger partial charge in [-0.2, -0.15) is 0 Å². The second kappa shape index (κ2) is 8.25. The lowest BCUT2D eigenvalue weighted by Gasteiger charge is -2.19. The van der Waals surface area contributed by atoms with Crippen LogP contribution in [-0.2, 0) is 13.1 Å². The Hall–Kier alpha value is -3.15. The van der Waals surface area contributed by atoms with Crippen LogP contribution >= 0.6 is 0 Å². The van der Waals surface area contributed by atoms with E-state index in [0.717, 1.165) is 48.7 Å². The highest BCUT2D eigenvalue weighted by Crippen LogP contribution is 2.24. The molecule has 0 bridgehead atoms. The molecule has 0 aliphatic carbocycles. The van der Waals surface area contributed by atoms with Crippen LogP contribution in [0.4, 0.5) is 4.79 Å². The summed E-state index contributed by atoms with van der Waals surface area (Å²) >= 11 is 0. The molecule has 0 spiro atoms. The highest BCUT2D eigenvalue weighted by molar-refractivity contribution is 5.74. The molecular formula is C22H25N5O. The Balaban J connectivity index is 1.36. The summed E-state index contributed by atoms with van der Waals surface area (Å²) in [6.07, 6.45) is 6.50. The van der Waals surface area contributed by atoms with Gasteiger partial charge in [0, 0.05) is 56.0 Å². The smallest absolute Gasteiger partial charge is 0.317 e. The number of hydrogen-bond acceptors (Lipinski definition) is 3. The van der Waals surface area contributed by atoms with E-state index in [1.165, 1.54) is 0 Å². The molecule has 6 heteroatoms. The Morgan fingerprint density at radius 1 is 1.18 bits per heavy atom. The largest absolute Gasteiger partial charge is 0.334 e. The molecule has 1 aliphatic heterocycles. The molecule has 2 amide bonds. The van der Waals surface area contributed by atoms with Gasteiger partial charge in [0.15, 0.2) is 0 Å². The molecule has 1 atom stereocenters. The maximum absolute atomic E-state index is 12.5. The number of urea groups is 1. The fourth-order valence-corrected chi connectivity index (χ4v) is 3.73. The molecule has 0 radical (unpaired) electrons. The van der Waals surface area contributed by atoms with Gasteiger partial charge in [-0.25, -0.2) is 9.78 Å². The summed E-state index contributed by atoms with van der Waals surface area (Å²) in [6, 6.07) is 14.0. The molecule has 1 saturated heterocycles. The number of rotatable bonds is 5. The number of aromatic nitrogens is 3. The minimum absolute atomic E-state index is 0.0167. The van der Waals surface area contributed by atoms with Crippen LogP contribution in [-0.4, -0.2) is 38.6 Å². The number of carbonyl (C=O) groups excluding carboxylic acids is 1. The van der Waals surface area contributed by atoms with Crippen LogP contribution in [0.5, 0.6) is 0 Å². The second-order valence-electron chi connectivity index (χ2n) is 7.31. The molecule has 4 rings (SSSR count). The van der Waals surface area contributed by atoms with Crippen molar-refractivity contribution >= 4 is 6.03 Å². The Bertz CT molecular complexity index is 923. The van der Waals surface area contributed by atoms with Crippen molar-refractivity contribution in [2.45, 2.75) is 26.4 Å². The zero-order chi connectivity index (χ0) is 19.3. The van der Waals surface area contributed by atoms with E-state index in [9.17, 15) is 4.79 Å². The van der Waals surface area contributed by atoms with Crippen molar-refractivity contribution in [3.8, 4) is 11.4 Å². The minimum Gasteiger partial charge on any atom is -0.334 e. The predicted octanol–water partition coefficient (Wildman–Crippen LogP) is 3.49. The van der Waals surface area contributed by atoms with Gasteiger partial charge in [-0.05, 0) is 37.0 Å². The molecule has 1 fully saturated rings. The molecule has 1 N–H and O–H groups in total. The van der Waals surface area contributed by atoms with Crippen LogP contribution in [0.25, 0.3) is 11.4 Å². The van der Waals surface area contributed by atoms with E-state index >= 15 is 0 Å². The van der Waals surface area contributed by atoms with Gasteiger partial charge in [-0.15, -0.1) is 0 Å². The first-order chi connectivity index (χ1) is 13.7. The van der Waals surface area contributed by atoms with Gasteiger partial charge in [-0.1, -0.05) is 30.3 Å². The Morgan fingerprint density at radius 3 is 2.75 bits per heavy atom. The number of aryl methyl sites for hydroxylation is 1. The molecule has 1 unspecified atom stereocenters. The summed E-state index contributed by atoms with van der Waals surface area (Å²) in [7, 11) is 0. The summed E-state index contributed by atoms with van der Waals surface area (Å²) < 4.78 is 2.26. The van der Waals surface area contributed by atoms with Crippen molar-refractivity contribution in [2.24, 2.45) is 5.92 Å². The van der Waals surface area contributed by atoms with E-state index in [-0.39, 0.29) is 6.03 Å². The Morgan fingerprint density at radius 2 is 1.96 bits per heavy atom. The summed E-state index contributed by atoms with van der Waals surface area (Å²) in [5.74, 6) is 1.39. The minimum atomic E-state index is 0.0167. The maximum atomic E-state index is 12.5. The third-order valence-corrected chi connectivity index (χ3v) is 5.29. The highest BCUT2D eigenvalue weighted by Gasteiger charge is 2.27. The van der Waals surface area contributed by atoms with Gasteiger partial charge in [0.05, 0.1) is 0 Å². The fraction of sp³-hybridized carbons (Fsp3) is 0.318. The van der Waals surface area contributed by atoms with Crippen LogP contribution < -0.4 is 5.32 Å². The van der Waals surface area contributed by atoms with Crippen LogP contribution in [0.3, 0.4) is 0 Å². The summed E-state index contributed by atoms with van der Waals surface area (Å²) in [5.41, 5.74) is 3.32. The van der Waals surface area contributed by atoms with Crippen LogP contribution in [0.15, 0.2) is 61.1 Å². The number of hydrogen-bond donors (Lipinski definition) is 1. The average molecular weight is 375 g/mol. The lowest BCUT2D eigenvalue weighted by Crippen LogP contribution is -2.38.